The molecule has 0 spiro atoms. The maximum atomic E-state index is 10.1. The third kappa shape index (κ3) is 2.54. The van der Waals surface area contributed by atoms with Crippen molar-refractivity contribution in [1.82, 2.24) is 14.5 Å². The van der Waals surface area contributed by atoms with Crippen LogP contribution in [0, 0.1) is 5.92 Å². The smallest absolute Gasteiger partial charge is 0.128 e. The maximum Gasteiger partial charge on any atom is 0.128 e. The van der Waals surface area contributed by atoms with E-state index in [1.54, 1.807) is 6.20 Å². The largest absolute Gasteiger partial charge is 0.393 e. The molecule has 5 heteroatoms. The highest BCUT2D eigenvalue weighted by Crippen LogP contribution is 2.36. The summed E-state index contributed by atoms with van der Waals surface area (Å²) >= 11 is 6.04. The quantitative estimate of drug-likeness (QED) is 0.925. The lowest BCUT2D eigenvalue weighted by atomic mass is 9.94. The van der Waals surface area contributed by atoms with Gasteiger partial charge in [0.15, 0.2) is 0 Å². The van der Waals surface area contributed by atoms with Gasteiger partial charge < -0.3 is 9.67 Å². The first-order chi connectivity index (χ1) is 9.16. The molecule has 1 aromatic rings. The van der Waals surface area contributed by atoms with Crippen molar-refractivity contribution in [2.24, 2.45) is 13.0 Å². The van der Waals surface area contributed by atoms with Gasteiger partial charge in [0.1, 0.15) is 11.0 Å². The van der Waals surface area contributed by atoms with Crippen molar-refractivity contribution in [2.45, 2.75) is 50.8 Å². The molecule has 4 nitrogen and oxygen atoms in total. The summed E-state index contributed by atoms with van der Waals surface area (Å²) in [5.41, 5.74) is 0. The van der Waals surface area contributed by atoms with Gasteiger partial charge in [-0.3, -0.25) is 4.90 Å². The van der Waals surface area contributed by atoms with Crippen LogP contribution in [-0.2, 0) is 13.6 Å². The molecule has 3 rings (SSSR count). The van der Waals surface area contributed by atoms with E-state index in [0.29, 0.717) is 17.1 Å². The Morgan fingerprint density at radius 1 is 1.37 bits per heavy atom. The maximum absolute atomic E-state index is 10.1. The minimum absolute atomic E-state index is 0.101. The Bertz CT molecular complexity index is 448. The van der Waals surface area contributed by atoms with E-state index in [9.17, 15) is 5.11 Å². The van der Waals surface area contributed by atoms with Crippen LogP contribution >= 0.6 is 11.6 Å². The molecule has 0 radical (unpaired) electrons. The number of rotatable bonds is 3. The molecule has 19 heavy (non-hydrogen) atoms. The zero-order valence-corrected chi connectivity index (χ0v) is 12.2. The second kappa shape index (κ2) is 5.43. The monoisotopic (exact) mass is 283 g/mol. The summed E-state index contributed by atoms with van der Waals surface area (Å²) < 4.78 is 1.95. The van der Waals surface area contributed by atoms with E-state index in [2.05, 4.69) is 9.88 Å². The SMILES string of the molecule is Cn1c(Cl)cnc1CN1CCCC1C1CCCC1O. The number of hydrogen-bond acceptors (Lipinski definition) is 3. The van der Waals surface area contributed by atoms with Gasteiger partial charge in [0, 0.05) is 19.0 Å². The first kappa shape index (κ1) is 13.4. The summed E-state index contributed by atoms with van der Waals surface area (Å²) in [5, 5.41) is 10.8. The average molecular weight is 284 g/mol. The van der Waals surface area contributed by atoms with Gasteiger partial charge in [-0.25, -0.2) is 4.98 Å². The molecule has 106 valence electrons. The van der Waals surface area contributed by atoms with Crippen LogP contribution in [0.4, 0.5) is 0 Å². The van der Waals surface area contributed by atoms with Crippen LogP contribution in [0.25, 0.3) is 0 Å². The fourth-order valence-corrected chi connectivity index (χ4v) is 3.85. The first-order valence-electron chi connectivity index (χ1n) is 7.25. The van der Waals surface area contributed by atoms with Gasteiger partial charge in [0.05, 0.1) is 18.8 Å². The first-order valence-corrected chi connectivity index (χ1v) is 7.63. The van der Waals surface area contributed by atoms with E-state index in [4.69, 9.17) is 11.6 Å². The summed E-state index contributed by atoms with van der Waals surface area (Å²) in [5.74, 6) is 1.47. The molecule has 2 aliphatic rings. The van der Waals surface area contributed by atoms with E-state index >= 15 is 0 Å². The van der Waals surface area contributed by atoms with E-state index in [0.717, 1.165) is 25.3 Å². The molecule has 1 saturated heterocycles. The summed E-state index contributed by atoms with van der Waals surface area (Å²) in [4.78, 5) is 6.87. The number of hydrogen-bond donors (Lipinski definition) is 1. The number of likely N-dealkylation sites (tertiary alicyclic amines) is 1. The van der Waals surface area contributed by atoms with Gasteiger partial charge in [-0.15, -0.1) is 0 Å². The molecule has 3 unspecified atom stereocenters. The molecule has 2 heterocycles. The second-order valence-corrected chi connectivity index (χ2v) is 6.29. The van der Waals surface area contributed by atoms with Gasteiger partial charge >= 0.3 is 0 Å². The molecule has 1 saturated carbocycles. The predicted octanol–water partition coefficient (Wildman–Crippen LogP) is 2.20. The Labute approximate surface area is 119 Å². The van der Waals surface area contributed by atoms with E-state index in [-0.39, 0.29) is 6.10 Å². The van der Waals surface area contributed by atoms with E-state index in [1.165, 1.54) is 25.7 Å². The topological polar surface area (TPSA) is 41.3 Å². The fourth-order valence-electron chi connectivity index (χ4n) is 3.70. The summed E-state index contributed by atoms with van der Waals surface area (Å²) in [6.45, 7) is 1.95. The minimum Gasteiger partial charge on any atom is -0.393 e. The van der Waals surface area contributed by atoms with Gasteiger partial charge in [0.2, 0.25) is 0 Å². The lowest BCUT2D eigenvalue weighted by Gasteiger charge is -2.30. The Balaban J connectivity index is 1.71. The van der Waals surface area contributed by atoms with Gasteiger partial charge in [-0.2, -0.15) is 0 Å². The summed E-state index contributed by atoms with van der Waals surface area (Å²) in [7, 11) is 1.96. The zero-order chi connectivity index (χ0) is 13.4. The molecule has 1 aromatic heterocycles. The molecular formula is C14H22ClN3O. The van der Waals surface area contributed by atoms with Crippen molar-refractivity contribution in [3.8, 4) is 0 Å². The Kier molecular flexibility index (Phi) is 3.83. The van der Waals surface area contributed by atoms with Crippen LogP contribution in [0.2, 0.25) is 5.15 Å². The highest BCUT2D eigenvalue weighted by Gasteiger charge is 2.38. The highest BCUT2D eigenvalue weighted by molar-refractivity contribution is 6.29. The summed E-state index contributed by atoms with van der Waals surface area (Å²) in [6, 6.07) is 0.521. The van der Waals surface area contributed by atoms with E-state index in [1.807, 2.05) is 11.6 Å². The molecular weight excluding hydrogens is 262 g/mol. The molecule has 1 aliphatic carbocycles. The highest BCUT2D eigenvalue weighted by atomic mass is 35.5. The number of aliphatic hydroxyl groups is 1. The van der Waals surface area contributed by atoms with Crippen molar-refractivity contribution >= 4 is 11.6 Å². The average Bonchev–Trinajstić information content (AvgIpc) is 3.07. The molecule has 2 fully saturated rings. The van der Waals surface area contributed by atoms with Crippen molar-refractivity contribution < 1.29 is 5.11 Å². The van der Waals surface area contributed by atoms with Crippen molar-refractivity contribution in [2.75, 3.05) is 6.54 Å². The number of aliphatic hydroxyl groups excluding tert-OH is 1. The number of nitrogens with zero attached hydrogens (tertiary/aromatic N) is 3. The predicted molar refractivity (Wildman–Crippen MR) is 75.0 cm³/mol. The molecule has 1 N–H and O–H groups in total. The van der Waals surface area contributed by atoms with Crippen LogP contribution in [0.15, 0.2) is 6.20 Å². The third-order valence-electron chi connectivity index (χ3n) is 4.81. The standard InChI is InChI=1S/C14H22ClN3O/c1-17-13(15)8-16-14(17)9-18-7-3-5-11(18)10-4-2-6-12(10)19/h8,10-12,19H,2-7,9H2,1H3. The van der Waals surface area contributed by atoms with Gasteiger partial charge in [0.25, 0.3) is 0 Å². The van der Waals surface area contributed by atoms with Crippen molar-refractivity contribution in [3.63, 3.8) is 0 Å². The van der Waals surface area contributed by atoms with Crippen molar-refractivity contribution in [1.29, 1.82) is 0 Å². The molecule has 0 bridgehead atoms. The zero-order valence-electron chi connectivity index (χ0n) is 11.4. The molecule has 3 atom stereocenters. The number of aromatic nitrogens is 2. The van der Waals surface area contributed by atoms with Gasteiger partial charge in [-0.05, 0) is 32.2 Å². The van der Waals surface area contributed by atoms with E-state index < -0.39 is 0 Å². The lowest BCUT2D eigenvalue weighted by Crippen LogP contribution is -2.39. The Hall–Kier alpha value is -0.580. The lowest BCUT2D eigenvalue weighted by molar-refractivity contribution is 0.0706. The van der Waals surface area contributed by atoms with Crippen LogP contribution in [0.3, 0.4) is 0 Å². The Morgan fingerprint density at radius 3 is 2.84 bits per heavy atom. The molecule has 0 aromatic carbocycles. The molecule has 0 amide bonds. The minimum atomic E-state index is -0.101. The van der Waals surface area contributed by atoms with Crippen molar-refractivity contribution in [3.05, 3.63) is 17.2 Å². The molecule has 1 aliphatic heterocycles. The fraction of sp³-hybridized carbons (Fsp3) is 0.786. The van der Waals surface area contributed by atoms with Gasteiger partial charge in [-0.1, -0.05) is 18.0 Å². The van der Waals surface area contributed by atoms with Crippen LogP contribution in [0.5, 0.6) is 0 Å². The van der Waals surface area contributed by atoms with Crippen LogP contribution in [-0.4, -0.2) is 38.2 Å². The normalized spacial score (nSPS) is 32.3. The third-order valence-corrected chi connectivity index (χ3v) is 5.16. The van der Waals surface area contributed by atoms with Crippen LogP contribution < -0.4 is 0 Å². The second-order valence-electron chi connectivity index (χ2n) is 5.90. The number of halogens is 1. The Morgan fingerprint density at radius 2 is 2.21 bits per heavy atom. The summed E-state index contributed by atoms with van der Waals surface area (Å²) in [6.07, 6.45) is 7.37. The number of imidazole rings is 1. The van der Waals surface area contributed by atoms with Crippen LogP contribution in [0.1, 0.15) is 37.9 Å².